The Bertz CT molecular complexity index is 1790. The van der Waals surface area contributed by atoms with Crippen molar-refractivity contribution in [2.45, 2.75) is 58.2 Å². The summed E-state index contributed by atoms with van der Waals surface area (Å²) in [6.45, 7) is 6.98. The number of carbonyl (C=O) groups is 3. The number of halogens is 1. The number of piperazine rings is 1. The van der Waals surface area contributed by atoms with Crippen molar-refractivity contribution in [2.24, 2.45) is 0 Å². The third-order valence-corrected chi connectivity index (χ3v) is 9.87. The van der Waals surface area contributed by atoms with Gasteiger partial charge in [-0.05, 0) is 104 Å². The topological polar surface area (TPSA) is 129 Å². The molecule has 3 aromatic carbocycles. The van der Waals surface area contributed by atoms with Crippen molar-refractivity contribution in [1.29, 1.82) is 0 Å². The molecule has 1 saturated heterocycles. The average Bonchev–Trinajstić information content (AvgIpc) is 3.92. The van der Waals surface area contributed by atoms with Crippen LogP contribution >= 0.6 is 11.6 Å². The monoisotopic (exact) mass is 703 g/mol. The van der Waals surface area contributed by atoms with Crippen LogP contribution in [0, 0.1) is 20.8 Å². The van der Waals surface area contributed by atoms with Gasteiger partial charge < -0.3 is 34.2 Å². The first kappa shape index (κ1) is 34.9. The second-order valence-corrected chi connectivity index (χ2v) is 13.5. The molecule has 2 bridgehead atoms. The van der Waals surface area contributed by atoms with Gasteiger partial charge >= 0.3 is 12.2 Å². The highest BCUT2D eigenvalue weighted by Crippen LogP contribution is 2.41. The predicted molar refractivity (Wildman–Crippen MR) is 188 cm³/mol. The summed E-state index contributed by atoms with van der Waals surface area (Å²) >= 11 is 6.33. The smallest absolute Gasteiger partial charge is 0.408 e. The molecule has 2 atom stereocenters. The van der Waals surface area contributed by atoms with Crippen LogP contribution in [0.4, 0.5) is 9.59 Å². The SMILES string of the molecule is Cc1cccc(OCCN(C(=O)C2=C(c3ccc(OCCOc4cc(C)c(C)cc4Cl)cc3)C[C@@H]3CN(C(=O)O)C[C@H]2N3C(=O)O)C2CC2)c1. The van der Waals surface area contributed by atoms with E-state index in [1.165, 1.54) is 9.80 Å². The number of nitrogens with zero attached hydrogens (tertiary/aromatic N) is 3. The molecule has 11 nitrogen and oxygen atoms in total. The quantitative estimate of drug-likeness (QED) is 0.201. The zero-order valence-electron chi connectivity index (χ0n) is 28.4. The van der Waals surface area contributed by atoms with Crippen LogP contribution in [0.2, 0.25) is 5.02 Å². The molecule has 264 valence electrons. The standard InChI is InChI=1S/C38H42ClN3O8/c1-23-5-4-6-30(17-23)48-14-13-41(27-9-10-27)36(43)35-31(20-28-21-40(37(44)45)22-33(35)42(28)38(46)47)26-7-11-29(12-8-26)49-15-16-50-34-19-25(3)24(2)18-32(34)39/h4-8,11-12,17-19,27-28,33H,9-10,13-16,20-22H2,1-3H3,(H,44,45)(H,46,47)/t28-,33-/m1/s1. The fourth-order valence-electron chi connectivity index (χ4n) is 6.79. The highest BCUT2D eigenvalue weighted by molar-refractivity contribution is 6.32. The van der Waals surface area contributed by atoms with Gasteiger partial charge in [-0.2, -0.15) is 0 Å². The summed E-state index contributed by atoms with van der Waals surface area (Å²) in [5.74, 6) is 1.61. The first-order valence-corrected chi connectivity index (χ1v) is 17.2. The minimum atomic E-state index is -1.18. The van der Waals surface area contributed by atoms with Crippen molar-refractivity contribution in [3.63, 3.8) is 0 Å². The summed E-state index contributed by atoms with van der Waals surface area (Å²) in [5.41, 5.74) is 5.02. The van der Waals surface area contributed by atoms with E-state index in [2.05, 4.69) is 0 Å². The van der Waals surface area contributed by atoms with Gasteiger partial charge in [-0.1, -0.05) is 35.9 Å². The van der Waals surface area contributed by atoms with Gasteiger partial charge in [-0.15, -0.1) is 0 Å². The second-order valence-electron chi connectivity index (χ2n) is 13.1. The number of fused-ring (bicyclic) bond motifs is 2. The summed E-state index contributed by atoms with van der Waals surface area (Å²) in [6, 6.07) is 17.2. The maximum Gasteiger partial charge on any atom is 0.408 e. The molecule has 2 aliphatic heterocycles. The van der Waals surface area contributed by atoms with Crippen molar-refractivity contribution in [3.8, 4) is 17.2 Å². The Morgan fingerprint density at radius 2 is 1.54 bits per heavy atom. The molecular formula is C38H42ClN3O8. The van der Waals surface area contributed by atoms with Gasteiger partial charge in [0.15, 0.2) is 0 Å². The maximum atomic E-state index is 14.6. The van der Waals surface area contributed by atoms with Crippen LogP contribution in [0.1, 0.15) is 41.5 Å². The first-order chi connectivity index (χ1) is 24.0. The van der Waals surface area contributed by atoms with Gasteiger partial charge in [0, 0.05) is 24.7 Å². The molecule has 6 rings (SSSR count). The number of carbonyl (C=O) groups excluding carboxylic acids is 1. The molecule has 2 heterocycles. The summed E-state index contributed by atoms with van der Waals surface area (Å²) in [4.78, 5) is 43.6. The average molecular weight is 704 g/mol. The molecule has 0 radical (unpaired) electrons. The van der Waals surface area contributed by atoms with E-state index in [9.17, 15) is 24.6 Å². The van der Waals surface area contributed by atoms with Gasteiger partial charge in [0.05, 0.1) is 23.7 Å². The van der Waals surface area contributed by atoms with Crippen LogP contribution in [0.25, 0.3) is 5.57 Å². The van der Waals surface area contributed by atoms with E-state index < -0.39 is 24.3 Å². The second kappa shape index (κ2) is 14.9. The van der Waals surface area contributed by atoms with Crippen LogP contribution < -0.4 is 14.2 Å². The van der Waals surface area contributed by atoms with Gasteiger partial charge in [-0.3, -0.25) is 9.69 Å². The predicted octanol–water partition coefficient (Wildman–Crippen LogP) is 6.66. The van der Waals surface area contributed by atoms with E-state index >= 15 is 0 Å². The first-order valence-electron chi connectivity index (χ1n) is 16.9. The molecule has 2 N–H and O–H groups in total. The minimum absolute atomic E-state index is 0.00392. The van der Waals surface area contributed by atoms with Crippen molar-refractivity contribution in [3.05, 3.63) is 93.5 Å². The molecule has 0 unspecified atom stereocenters. The minimum Gasteiger partial charge on any atom is -0.492 e. The molecule has 3 aromatic rings. The van der Waals surface area contributed by atoms with E-state index in [0.29, 0.717) is 34.4 Å². The summed E-state index contributed by atoms with van der Waals surface area (Å²) < 4.78 is 17.8. The maximum absolute atomic E-state index is 14.6. The molecule has 3 aliphatic rings. The Balaban J connectivity index is 1.24. The Hall–Kier alpha value is -4.90. The summed E-state index contributed by atoms with van der Waals surface area (Å²) in [6.07, 6.45) is -0.459. The lowest BCUT2D eigenvalue weighted by atomic mass is 9.81. The lowest BCUT2D eigenvalue weighted by Crippen LogP contribution is -2.65. The van der Waals surface area contributed by atoms with Gasteiger partial charge in [-0.25, -0.2) is 9.59 Å². The van der Waals surface area contributed by atoms with Gasteiger partial charge in [0.25, 0.3) is 5.91 Å². The zero-order valence-corrected chi connectivity index (χ0v) is 29.2. The Labute approximate surface area is 296 Å². The fraction of sp³-hybridized carbons (Fsp3) is 0.395. The van der Waals surface area contributed by atoms with Crippen molar-refractivity contribution in [2.75, 3.05) is 39.5 Å². The van der Waals surface area contributed by atoms with Crippen LogP contribution in [0.5, 0.6) is 17.2 Å². The molecule has 1 saturated carbocycles. The Morgan fingerprint density at radius 3 is 2.22 bits per heavy atom. The number of amides is 3. The van der Waals surface area contributed by atoms with E-state index in [-0.39, 0.29) is 51.3 Å². The van der Waals surface area contributed by atoms with Gasteiger partial charge in [0.1, 0.15) is 37.1 Å². The molecular weight excluding hydrogens is 662 g/mol. The molecule has 2 fully saturated rings. The zero-order chi connectivity index (χ0) is 35.5. The highest BCUT2D eigenvalue weighted by Gasteiger charge is 2.49. The number of ether oxygens (including phenoxy) is 3. The molecule has 50 heavy (non-hydrogen) atoms. The molecule has 0 spiro atoms. The normalized spacial score (nSPS) is 18.5. The lowest BCUT2D eigenvalue weighted by Gasteiger charge is -2.49. The number of carboxylic acid groups (broad SMARTS) is 2. The third kappa shape index (κ3) is 7.78. The number of rotatable bonds is 12. The molecule has 1 aliphatic carbocycles. The molecule has 0 aromatic heterocycles. The van der Waals surface area contributed by atoms with E-state index in [1.807, 2.05) is 81.4 Å². The van der Waals surface area contributed by atoms with E-state index in [1.54, 1.807) is 4.90 Å². The number of hydrogen-bond acceptors (Lipinski definition) is 6. The van der Waals surface area contributed by atoms with Crippen LogP contribution in [0.15, 0.2) is 66.2 Å². The fourth-order valence-corrected chi connectivity index (χ4v) is 7.06. The Morgan fingerprint density at radius 1 is 0.840 bits per heavy atom. The van der Waals surface area contributed by atoms with Crippen molar-refractivity contribution in [1.82, 2.24) is 14.7 Å². The van der Waals surface area contributed by atoms with Gasteiger partial charge in [0.2, 0.25) is 0 Å². The van der Waals surface area contributed by atoms with Crippen LogP contribution in [-0.4, -0.2) is 101 Å². The van der Waals surface area contributed by atoms with Crippen molar-refractivity contribution < 1.29 is 38.8 Å². The summed E-state index contributed by atoms with van der Waals surface area (Å²) in [7, 11) is 0. The number of benzene rings is 3. The number of hydrogen-bond donors (Lipinski definition) is 2. The highest BCUT2D eigenvalue weighted by atomic mass is 35.5. The molecule has 3 amide bonds. The van der Waals surface area contributed by atoms with Crippen LogP contribution in [0.3, 0.4) is 0 Å². The number of aryl methyl sites for hydroxylation is 3. The lowest BCUT2D eigenvalue weighted by molar-refractivity contribution is -0.129. The summed E-state index contributed by atoms with van der Waals surface area (Å²) in [5, 5.41) is 20.7. The third-order valence-electron chi connectivity index (χ3n) is 9.57. The van der Waals surface area contributed by atoms with E-state index in [0.717, 1.165) is 40.7 Å². The Kier molecular flexibility index (Phi) is 10.4. The van der Waals surface area contributed by atoms with Crippen LogP contribution in [-0.2, 0) is 4.79 Å². The van der Waals surface area contributed by atoms with E-state index in [4.69, 9.17) is 25.8 Å². The molecule has 12 heteroatoms. The largest absolute Gasteiger partial charge is 0.492 e. The van der Waals surface area contributed by atoms with Crippen molar-refractivity contribution >= 4 is 35.3 Å².